The molecule has 0 aliphatic heterocycles. The summed E-state index contributed by atoms with van der Waals surface area (Å²) in [5.41, 5.74) is 0.918. The molecule has 0 aliphatic carbocycles. The molecule has 0 bridgehead atoms. The Labute approximate surface area is 108 Å². The summed E-state index contributed by atoms with van der Waals surface area (Å²) in [6.45, 7) is 3.96. The highest BCUT2D eigenvalue weighted by Crippen LogP contribution is 2.06. The van der Waals surface area contributed by atoms with Crippen molar-refractivity contribution in [2.75, 3.05) is 0 Å². The maximum atomic E-state index is 11.2. The molecule has 0 heterocycles. The fraction of sp³-hybridized carbons (Fsp3) is 0.429. The molecule has 3 N–H and O–H groups in total. The fourth-order valence-corrected chi connectivity index (χ4v) is 1.69. The molecule has 18 heavy (non-hydrogen) atoms. The lowest BCUT2D eigenvalue weighted by atomic mass is 10.0. The standard InChI is InChI=1S/C14H21NO3/c1-11(2)8-9-14(16)13(15(17)18)10-12-6-4-3-5-7-12/h3-9,11,13-17H,10H2,1-2H3/t13-,14-/m1/s1. The minimum Gasteiger partial charge on any atom is -0.600 e. The number of aliphatic hydroxyl groups excluding tert-OH is 1. The zero-order valence-electron chi connectivity index (χ0n) is 10.8. The number of nitrogens with one attached hydrogen (secondary N) is 1. The van der Waals surface area contributed by atoms with E-state index in [1.807, 2.05) is 50.3 Å². The van der Waals surface area contributed by atoms with Crippen LogP contribution < -0.4 is 5.23 Å². The number of aliphatic hydroxyl groups is 1. The molecule has 1 rings (SSSR count). The Balaban J connectivity index is 2.71. The summed E-state index contributed by atoms with van der Waals surface area (Å²) >= 11 is 0. The Bertz CT molecular complexity index is 363. The predicted octanol–water partition coefficient (Wildman–Crippen LogP) is 0.943. The lowest BCUT2D eigenvalue weighted by molar-refractivity contribution is -1.07. The van der Waals surface area contributed by atoms with Gasteiger partial charge in [-0.15, -0.1) is 0 Å². The zero-order chi connectivity index (χ0) is 13.5. The third-order valence-electron chi connectivity index (χ3n) is 2.72. The van der Waals surface area contributed by atoms with Gasteiger partial charge in [0.1, 0.15) is 6.10 Å². The first-order valence-corrected chi connectivity index (χ1v) is 6.14. The summed E-state index contributed by atoms with van der Waals surface area (Å²) < 4.78 is 0. The zero-order valence-corrected chi connectivity index (χ0v) is 10.8. The molecule has 0 amide bonds. The first-order valence-electron chi connectivity index (χ1n) is 6.14. The summed E-state index contributed by atoms with van der Waals surface area (Å²) in [6.07, 6.45) is 2.78. The summed E-state index contributed by atoms with van der Waals surface area (Å²) in [5, 5.41) is 29.3. The normalized spacial score (nSPS) is 17.0. The van der Waals surface area contributed by atoms with Crippen molar-refractivity contribution in [3.8, 4) is 0 Å². The third-order valence-corrected chi connectivity index (χ3v) is 2.72. The Morgan fingerprint density at radius 2 is 1.83 bits per heavy atom. The number of rotatable bonds is 6. The Hall–Kier alpha value is -1.20. The number of hydroxylamine groups is 2. The van der Waals surface area contributed by atoms with E-state index in [9.17, 15) is 15.5 Å². The SMILES string of the molecule is CC(C)C=C[C@@H](O)[C@@H](Cc1ccccc1)[NH+]([O-])O. The van der Waals surface area contributed by atoms with Crippen molar-refractivity contribution >= 4 is 0 Å². The monoisotopic (exact) mass is 251 g/mol. The third kappa shape index (κ3) is 4.98. The fourth-order valence-electron chi connectivity index (χ4n) is 1.69. The van der Waals surface area contributed by atoms with Gasteiger partial charge in [0.05, 0.1) is 0 Å². The number of quaternary nitrogens is 1. The first kappa shape index (κ1) is 14.9. The van der Waals surface area contributed by atoms with E-state index in [1.165, 1.54) is 0 Å². The number of allylic oxidation sites excluding steroid dienone is 1. The second-order valence-corrected chi connectivity index (χ2v) is 4.75. The van der Waals surface area contributed by atoms with Crippen molar-refractivity contribution in [1.82, 2.24) is 0 Å². The van der Waals surface area contributed by atoms with Crippen LogP contribution in [0.3, 0.4) is 0 Å². The Morgan fingerprint density at radius 3 is 2.33 bits per heavy atom. The highest BCUT2D eigenvalue weighted by Gasteiger charge is 2.23. The van der Waals surface area contributed by atoms with Crippen LogP contribution >= 0.6 is 0 Å². The molecular formula is C14H21NO3. The molecule has 1 aromatic rings. The highest BCUT2D eigenvalue weighted by molar-refractivity contribution is 5.16. The first-order chi connectivity index (χ1) is 8.50. The van der Waals surface area contributed by atoms with Gasteiger partial charge in [0.15, 0.2) is 6.04 Å². The summed E-state index contributed by atoms with van der Waals surface area (Å²) in [4.78, 5) is 0. The lowest BCUT2D eigenvalue weighted by Crippen LogP contribution is -3.10. The van der Waals surface area contributed by atoms with Gasteiger partial charge in [0, 0.05) is 6.42 Å². The van der Waals surface area contributed by atoms with E-state index in [0.29, 0.717) is 12.3 Å². The molecule has 0 saturated carbocycles. The van der Waals surface area contributed by atoms with Crippen molar-refractivity contribution in [3.63, 3.8) is 0 Å². The maximum absolute atomic E-state index is 11.2. The van der Waals surface area contributed by atoms with E-state index in [1.54, 1.807) is 6.08 Å². The van der Waals surface area contributed by atoms with Gasteiger partial charge in [0.2, 0.25) is 0 Å². The van der Waals surface area contributed by atoms with Crippen molar-refractivity contribution in [3.05, 3.63) is 53.3 Å². The average Bonchev–Trinajstić information content (AvgIpc) is 2.34. The van der Waals surface area contributed by atoms with Gasteiger partial charge in [-0.1, -0.05) is 56.3 Å². The number of benzene rings is 1. The van der Waals surface area contributed by atoms with E-state index in [4.69, 9.17) is 0 Å². The van der Waals surface area contributed by atoms with Crippen LogP contribution in [-0.2, 0) is 6.42 Å². The van der Waals surface area contributed by atoms with Crippen LogP contribution in [0.15, 0.2) is 42.5 Å². The topological polar surface area (TPSA) is 68.0 Å². The highest BCUT2D eigenvalue weighted by atomic mass is 16.8. The van der Waals surface area contributed by atoms with Crippen molar-refractivity contribution in [2.45, 2.75) is 32.4 Å². The van der Waals surface area contributed by atoms with Crippen LogP contribution in [0.2, 0.25) is 0 Å². The van der Waals surface area contributed by atoms with Crippen LogP contribution in [0, 0.1) is 11.1 Å². The predicted molar refractivity (Wildman–Crippen MR) is 70.0 cm³/mol. The van der Waals surface area contributed by atoms with E-state index in [2.05, 4.69) is 0 Å². The summed E-state index contributed by atoms with van der Waals surface area (Å²) in [6, 6.07) is 8.55. The smallest absolute Gasteiger partial charge is 0.151 e. The average molecular weight is 251 g/mol. The number of hydrogen-bond donors (Lipinski definition) is 3. The minimum absolute atomic E-state index is 0.297. The van der Waals surface area contributed by atoms with Gasteiger partial charge in [-0.2, -0.15) is 0 Å². The second-order valence-electron chi connectivity index (χ2n) is 4.75. The van der Waals surface area contributed by atoms with E-state index < -0.39 is 17.4 Å². The summed E-state index contributed by atoms with van der Waals surface area (Å²) in [7, 11) is 0. The van der Waals surface area contributed by atoms with Crippen molar-refractivity contribution in [2.24, 2.45) is 5.92 Å². The molecule has 3 atom stereocenters. The molecule has 0 aliphatic rings. The van der Waals surface area contributed by atoms with Crippen LogP contribution in [0.25, 0.3) is 0 Å². The molecule has 1 unspecified atom stereocenters. The Morgan fingerprint density at radius 1 is 1.22 bits per heavy atom. The largest absolute Gasteiger partial charge is 0.600 e. The van der Waals surface area contributed by atoms with Gasteiger partial charge >= 0.3 is 0 Å². The minimum atomic E-state index is -0.972. The van der Waals surface area contributed by atoms with Gasteiger partial charge in [-0.3, -0.25) is 0 Å². The van der Waals surface area contributed by atoms with Crippen LogP contribution in [0.5, 0.6) is 0 Å². The van der Waals surface area contributed by atoms with Crippen LogP contribution in [0.4, 0.5) is 0 Å². The molecule has 0 saturated heterocycles. The van der Waals surface area contributed by atoms with Gasteiger partial charge in [0.25, 0.3) is 0 Å². The second kappa shape index (κ2) is 7.28. The molecule has 0 radical (unpaired) electrons. The molecule has 4 nitrogen and oxygen atoms in total. The maximum Gasteiger partial charge on any atom is 0.151 e. The Kier molecular flexibility index (Phi) is 6.01. The quantitative estimate of drug-likeness (QED) is 0.521. The van der Waals surface area contributed by atoms with Gasteiger partial charge in [-0.25, -0.2) is 10.4 Å². The van der Waals surface area contributed by atoms with E-state index >= 15 is 0 Å². The van der Waals surface area contributed by atoms with Crippen molar-refractivity contribution in [1.29, 1.82) is 0 Å². The molecule has 100 valence electrons. The molecule has 0 spiro atoms. The van der Waals surface area contributed by atoms with Crippen LogP contribution in [-0.4, -0.2) is 22.5 Å². The lowest BCUT2D eigenvalue weighted by Gasteiger charge is -2.27. The van der Waals surface area contributed by atoms with Gasteiger partial charge < -0.3 is 10.3 Å². The van der Waals surface area contributed by atoms with E-state index in [-0.39, 0.29) is 0 Å². The molecule has 0 fully saturated rings. The summed E-state index contributed by atoms with van der Waals surface area (Å²) in [5.74, 6) is 0.297. The van der Waals surface area contributed by atoms with Crippen molar-refractivity contribution < 1.29 is 15.5 Å². The molecular weight excluding hydrogens is 230 g/mol. The van der Waals surface area contributed by atoms with Crippen LogP contribution in [0.1, 0.15) is 19.4 Å². The van der Waals surface area contributed by atoms with Gasteiger partial charge in [-0.05, 0) is 11.5 Å². The van der Waals surface area contributed by atoms with E-state index in [0.717, 1.165) is 5.56 Å². The number of hydrogen-bond acceptors (Lipinski definition) is 3. The molecule has 0 aromatic heterocycles. The molecule has 4 heteroatoms. The molecule has 1 aromatic carbocycles.